The molecule has 0 N–H and O–H groups in total. The van der Waals surface area contributed by atoms with Crippen LogP contribution in [0.2, 0.25) is 0 Å². The molecule has 1 fully saturated rings. The minimum Gasteiger partial charge on any atom is -0.268 e. The van der Waals surface area contributed by atoms with E-state index in [4.69, 9.17) is 5.26 Å². The summed E-state index contributed by atoms with van der Waals surface area (Å²) in [5.41, 5.74) is 0.584. The molecular formula is C11H10N2O. The number of carbonyl (C=O) groups is 1. The van der Waals surface area contributed by atoms with Gasteiger partial charge in [-0.2, -0.15) is 5.26 Å². The van der Waals surface area contributed by atoms with Gasteiger partial charge in [-0.05, 0) is 25.0 Å². The average Bonchev–Trinajstić information content (AvgIpc) is 3.04. The third-order valence-corrected chi connectivity index (χ3v) is 2.26. The van der Waals surface area contributed by atoms with E-state index in [9.17, 15) is 4.79 Å². The fourth-order valence-electron chi connectivity index (χ4n) is 1.35. The molecule has 0 saturated heterocycles. The molecule has 0 bridgehead atoms. The van der Waals surface area contributed by atoms with Crippen molar-refractivity contribution >= 4 is 5.91 Å². The Morgan fingerprint density at radius 1 is 1.36 bits per heavy atom. The summed E-state index contributed by atoms with van der Waals surface area (Å²) in [6.07, 6.45) is 3.85. The van der Waals surface area contributed by atoms with Gasteiger partial charge in [-0.25, -0.2) is 4.90 Å². The Morgan fingerprint density at radius 2 is 2.00 bits per heavy atom. The van der Waals surface area contributed by atoms with Gasteiger partial charge < -0.3 is 0 Å². The highest BCUT2D eigenvalue weighted by Crippen LogP contribution is 2.27. The first-order valence-electron chi connectivity index (χ1n) is 4.61. The first-order chi connectivity index (χ1) is 6.83. The van der Waals surface area contributed by atoms with Gasteiger partial charge in [0.2, 0.25) is 0 Å². The van der Waals surface area contributed by atoms with Crippen LogP contribution >= 0.6 is 0 Å². The summed E-state index contributed by atoms with van der Waals surface area (Å²) in [4.78, 5) is 13.0. The molecule has 1 aliphatic carbocycles. The molecular weight excluding hydrogens is 176 g/mol. The molecule has 2 rings (SSSR count). The third-order valence-electron chi connectivity index (χ3n) is 2.26. The van der Waals surface area contributed by atoms with Crippen LogP contribution in [0.4, 0.5) is 0 Å². The largest absolute Gasteiger partial charge is 0.268 e. The van der Waals surface area contributed by atoms with Crippen LogP contribution in [0.5, 0.6) is 0 Å². The summed E-state index contributed by atoms with van der Waals surface area (Å²) < 4.78 is 0. The van der Waals surface area contributed by atoms with Crippen LogP contribution in [-0.4, -0.2) is 16.8 Å². The van der Waals surface area contributed by atoms with Crippen molar-refractivity contribution in [1.29, 1.82) is 5.26 Å². The second kappa shape index (κ2) is 3.51. The molecule has 3 nitrogen and oxygen atoms in total. The molecule has 1 amide bonds. The normalized spacial score (nSPS) is 14.5. The number of hydrogen-bond donors (Lipinski definition) is 0. The van der Waals surface area contributed by atoms with Gasteiger partial charge in [-0.3, -0.25) is 4.79 Å². The Balaban J connectivity index is 2.19. The van der Waals surface area contributed by atoms with E-state index >= 15 is 0 Å². The minimum atomic E-state index is -0.185. The van der Waals surface area contributed by atoms with Gasteiger partial charge in [0.1, 0.15) is 0 Å². The standard InChI is InChI=1S/C11H10N2O/c12-8-13(10-6-7-10)11(14)9-4-2-1-3-5-9/h1-5,10H,6-7H2. The number of hydrogen-bond acceptors (Lipinski definition) is 2. The fourth-order valence-corrected chi connectivity index (χ4v) is 1.35. The molecule has 1 saturated carbocycles. The van der Waals surface area contributed by atoms with Crippen molar-refractivity contribution in [2.75, 3.05) is 0 Å². The van der Waals surface area contributed by atoms with Crippen molar-refractivity contribution in [2.45, 2.75) is 18.9 Å². The van der Waals surface area contributed by atoms with Crippen molar-refractivity contribution in [3.8, 4) is 6.19 Å². The Labute approximate surface area is 82.6 Å². The van der Waals surface area contributed by atoms with Crippen LogP contribution < -0.4 is 0 Å². The number of amides is 1. The molecule has 0 radical (unpaired) electrons. The number of benzene rings is 1. The highest BCUT2D eigenvalue weighted by molar-refractivity contribution is 5.95. The van der Waals surface area contributed by atoms with E-state index in [0.29, 0.717) is 5.56 Å². The van der Waals surface area contributed by atoms with Crippen LogP contribution in [0.3, 0.4) is 0 Å². The number of carbonyl (C=O) groups excluding carboxylic acids is 1. The van der Waals surface area contributed by atoms with E-state index in [-0.39, 0.29) is 11.9 Å². The van der Waals surface area contributed by atoms with Gasteiger partial charge in [-0.15, -0.1) is 0 Å². The second-order valence-electron chi connectivity index (χ2n) is 3.37. The first-order valence-corrected chi connectivity index (χ1v) is 4.61. The van der Waals surface area contributed by atoms with Crippen LogP contribution in [0.15, 0.2) is 30.3 Å². The number of rotatable bonds is 2. The smallest absolute Gasteiger partial charge is 0.267 e. The van der Waals surface area contributed by atoms with Crippen LogP contribution in [0.1, 0.15) is 23.2 Å². The quantitative estimate of drug-likeness (QED) is 0.522. The molecule has 14 heavy (non-hydrogen) atoms. The molecule has 1 aromatic rings. The molecule has 0 aliphatic heterocycles. The first kappa shape index (κ1) is 8.76. The number of nitrogens with zero attached hydrogens (tertiary/aromatic N) is 2. The second-order valence-corrected chi connectivity index (χ2v) is 3.37. The minimum absolute atomic E-state index is 0.146. The van der Waals surface area contributed by atoms with Gasteiger partial charge in [-0.1, -0.05) is 18.2 Å². The fraction of sp³-hybridized carbons (Fsp3) is 0.273. The van der Waals surface area contributed by atoms with Gasteiger partial charge >= 0.3 is 0 Å². The summed E-state index contributed by atoms with van der Waals surface area (Å²) >= 11 is 0. The monoisotopic (exact) mass is 186 g/mol. The third kappa shape index (κ3) is 1.60. The predicted molar refractivity (Wildman–Crippen MR) is 51.2 cm³/mol. The van der Waals surface area contributed by atoms with Crippen LogP contribution in [0.25, 0.3) is 0 Å². The lowest BCUT2D eigenvalue weighted by atomic mass is 10.2. The topological polar surface area (TPSA) is 44.1 Å². The zero-order valence-electron chi connectivity index (χ0n) is 7.68. The van der Waals surface area contributed by atoms with Crippen molar-refractivity contribution in [1.82, 2.24) is 4.90 Å². The lowest BCUT2D eigenvalue weighted by Gasteiger charge is -2.11. The lowest BCUT2D eigenvalue weighted by Crippen LogP contribution is -2.28. The molecule has 70 valence electrons. The number of nitriles is 1. The van der Waals surface area contributed by atoms with Gasteiger partial charge in [0.05, 0.1) is 0 Å². The van der Waals surface area contributed by atoms with Gasteiger partial charge in [0.15, 0.2) is 6.19 Å². The highest BCUT2D eigenvalue weighted by Gasteiger charge is 2.33. The van der Waals surface area contributed by atoms with Gasteiger partial charge in [0.25, 0.3) is 5.91 Å². The zero-order chi connectivity index (χ0) is 9.97. The van der Waals surface area contributed by atoms with E-state index in [1.165, 1.54) is 4.90 Å². The van der Waals surface area contributed by atoms with Crippen molar-refractivity contribution in [3.05, 3.63) is 35.9 Å². The molecule has 1 aliphatic rings. The van der Waals surface area contributed by atoms with Crippen molar-refractivity contribution < 1.29 is 4.79 Å². The predicted octanol–water partition coefficient (Wildman–Crippen LogP) is 1.77. The molecule has 0 spiro atoms. The molecule has 3 heteroatoms. The van der Waals surface area contributed by atoms with Crippen molar-refractivity contribution in [2.24, 2.45) is 0 Å². The van der Waals surface area contributed by atoms with E-state index in [2.05, 4.69) is 0 Å². The summed E-state index contributed by atoms with van der Waals surface area (Å²) in [6.45, 7) is 0. The van der Waals surface area contributed by atoms with Crippen LogP contribution in [-0.2, 0) is 0 Å². The summed E-state index contributed by atoms with van der Waals surface area (Å²) in [7, 11) is 0. The molecule has 0 atom stereocenters. The van der Waals surface area contributed by atoms with Gasteiger partial charge in [0, 0.05) is 11.6 Å². The zero-order valence-corrected chi connectivity index (χ0v) is 7.68. The molecule has 0 heterocycles. The lowest BCUT2D eigenvalue weighted by molar-refractivity contribution is 0.0824. The highest BCUT2D eigenvalue weighted by atomic mass is 16.2. The summed E-state index contributed by atoms with van der Waals surface area (Å²) in [5, 5.41) is 8.82. The van der Waals surface area contributed by atoms with E-state index in [1.54, 1.807) is 24.3 Å². The maximum Gasteiger partial charge on any atom is 0.267 e. The maximum atomic E-state index is 11.8. The van der Waals surface area contributed by atoms with E-state index in [0.717, 1.165) is 12.8 Å². The van der Waals surface area contributed by atoms with E-state index in [1.807, 2.05) is 12.3 Å². The summed E-state index contributed by atoms with van der Waals surface area (Å²) in [5.74, 6) is -0.185. The average molecular weight is 186 g/mol. The van der Waals surface area contributed by atoms with Crippen molar-refractivity contribution in [3.63, 3.8) is 0 Å². The Morgan fingerprint density at radius 3 is 2.50 bits per heavy atom. The Bertz CT molecular complexity index is 376. The SMILES string of the molecule is N#CN(C(=O)c1ccccc1)C1CC1. The van der Waals surface area contributed by atoms with E-state index < -0.39 is 0 Å². The van der Waals surface area contributed by atoms with Crippen LogP contribution in [0, 0.1) is 11.5 Å². The molecule has 0 unspecified atom stereocenters. The maximum absolute atomic E-state index is 11.8. The molecule has 0 aromatic heterocycles. The molecule has 1 aromatic carbocycles. The Hall–Kier alpha value is -1.82. The Kier molecular flexibility index (Phi) is 2.19. The summed E-state index contributed by atoms with van der Waals surface area (Å²) in [6, 6.07) is 9.06.